The Morgan fingerprint density at radius 1 is 1.41 bits per heavy atom. The molecule has 1 rings (SSSR count). The SMILES string of the molecule is CC(C)(C)[S+]([O-])N=C1CCCN(C(=O)O)CC1. The largest absolute Gasteiger partial charge is 0.591 e. The van der Waals surface area contributed by atoms with Crippen LogP contribution in [0.1, 0.15) is 40.0 Å². The molecule has 1 aliphatic heterocycles. The molecule has 0 radical (unpaired) electrons. The fraction of sp³-hybridized carbons (Fsp3) is 0.818. The Bertz CT molecular complexity index is 312. The molecule has 0 aliphatic carbocycles. The number of hydrogen-bond donors (Lipinski definition) is 1. The van der Waals surface area contributed by atoms with E-state index in [4.69, 9.17) is 5.11 Å². The van der Waals surface area contributed by atoms with Crippen LogP contribution in [0.4, 0.5) is 4.79 Å². The summed E-state index contributed by atoms with van der Waals surface area (Å²) in [6.45, 7) is 6.64. The monoisotopic (exact) mass is 260 g/mol. The molecule has 5 nitrogen and oxygen atoms in total. The zero-order valence-electron chi connectivity index (χ0n) is 10.6. The van der Waals surface area contributed by atoms with Crippen molar-refractivity contribution in [2.24, 2.45) is 4.40 Å². The summed E-state index contributed by atoms with van der Waals surface area (Å²) in [7, 11) is 0. The average molecular weight is 260 g/mol. The molecule has 6 heteroatoms. The minimum atomic E-state index is -1.24. The summed E-state index contributed by atoms with van der Waals surface area (Å²) in [6, 6.07) is 0. The highest BCUT2D eigenvalue weighted by atomic mass is 32.2. The van der Waals surface area contributed by atoms with Crippen molar-refractivity contribution in [1.29, 1.82) is 0 Å². The van der Waals surface area contributed by atoms with Crippen molar-refractivity contribution < 1.29 is 14.5 Å². The molecule has 1 heterocycles. The van der Waals surface area contributed by atoms with Gasteiger partial charge >= 0.3 is 6.09 Å². The molecule has 1 atom stereocenters. The molecule has 0 aromatic carbocycles. The van der Waals surface area contributed by atoms with E-state index in [0.29, 0.717) is 19.5 Å². The second-order valence-electron chi connectivity index (χ2n) is 5.14. The predicted molar refractivity (Wildman–Crippen MR) is 68.8 cm³/mol. The van der Waals surface area contributed by atoms with Crippen LogP contribution < -0.4 is 0 Å². The van der Waals surface area contributed by atoms with Crippen LogP contribution >= 0.6 is 0 Å². The van der Waals surface area contributed by atoms with Crippen LogP contribution in [0.15, 0.2) is 4.40 Å². The summed E-state index contributed by atoms with van der Waals surface area (Å²) in [5, 5.41) is 8.89. The quantitative estimate of drug-likeness (QED) is 0.733. The average Bonchev–Trinajstić information content (AvgIpc) is 2.41. The molecular formula is C11H20N2O3S. The van der Waals surface area contributed by atoms with Gasteiger partial charge < -0.3 is 14.6 Å². The number of rotatable bonds is 1. The van der Waals surface area contributed by atoms with Crippen LogP contribution in [0.2, 0.25) is 0 Å². The number of hydrogen-bond acceptors (Lipinski definition) is 3. The first-order valence-electron chi connectivity index (χ1n) is 5.77. The minimum absolute atomic E-state index is 0.355. The number of amides is 1. The second kappa shape index (κ2) is 5.73. The van der Waals surface area contributed by atoms with Gasteiger partial charge in [-0.2, -0.15) is 0 Å². The van der Waals surface area contributed by atoms with Gasteiger partial charge in [-0.25, -0.2) is 4.79 Å². The zero-order chi connectivity index (χ0) is 13.1. The fourth-order valence-corrected chi connectivity index (χ4v) is 2.20. The first kappa shape index (κ1) is 14.3. The summed E-state index contributed by atoms with van der Waals surface area (Å²) in [6.07, 6.45) is 1.20. The van der Waals surface area contributed by atoms with Gasteiger partial charge in [0.05, 0.1) is 5.71 Å². The van der Waals surface area contributed by atoms with Crippen LogP contribution in [0, 0.1) is 0 Å². The zero-order valence-corrected chi connectivity index (χ0v) is 11.4. The number of nitrogens with zero attached hydrogens (tertiary/aromatic N) is 2. The first-order chi connectivity index (χ1) is 7.80. The molecule has 17 heavy (non-hydrogen) atoms. The van der Waals surface area contributed by atoms with Crippen molar-refractivity contribution in [1.82, 2.24) is 4.90 Å². The molecule has 98 valence electrons. The smallest absolute Gasteiger partial charge is 0.407 e. The third-order valence-corrected chi connectivity index (χ3v) is 4.04. The Balaban J connectivity index is 2.62. The Morgan fingerprint density at radius 3 is 2.59 bits per heavy atom. The van der Waals surface area contributed by atoms with Gasteiger partial charge in [0.2, 0.25) is 0 Å². The molecular weight excluding hydrogens is 240 g/mol. The van der Waals surface area contributed by atoms with E-state index in [-0.39, 0.29) is 4.75 Å². The Morgan fingerprint density at radius 2 is 2.06 bits per heavy atom. The van der Waals surface area contributed by atoms with Gasteiger partial charge in [-0.1, -0.05) is 4.40 Å². The van der Waals surface area contributed by atoms with E-state index in [9.17, 15) is 9.35 Å². The van der Waals surface area contributed by atoms with Crippen LogP contribution in [-0.4, -0.2) is 44.2 Å². The topological polar surface area (TPSA) is 76.0 Å². The third kappa shape index (κ3) is 4.55. The van der Waals surface area contributed by atoms with Crippen molar-refractivity contribution in [3.8, 4) is 0 Å². The number of likely N-dealkylation sites (tertiary alicyclic amines) is 1. The van der Waals surface area contributed by atoms with Crippen molar-refractivity contribution >= 4 is 23.2 Å². The lowest BCUT2D eigenvalue weighted by molar-refractivity contribution is 0.147. The lowest BCUT2D eigenvalue weighted by Gasteiger charge is -2.19. The Kier molecular flexibility index (Phi) is 4.82. The lowest BCUT2D eigenvalue weighted by atomic mass is 10.2. The van der Waals surface area contributed by atoms with Crippen molar-refractivity contribution in [2.75, 3.05) is 13.1 Å². The van der Waals surface area contributed by atoms with Crippen molar-refractivity contribution in [2.45, 2.75) is 44.8 Å². The highest BCUT2D eigenvalue weighted by molar-refractivity contribution is 7.91. The summed E-state index contributed by atoms with van der Waals surface area (Å²) < 4.78 is 15.7. The maximum absolute atomic E-state index is 11.9. The van der Waals surface area contributed by atoms with E-state index in [1.54, 1.807) is 0 Å². The van der Waals surface area contributed by atoms with Crippen LogP contribution in [-0.2, 0) is 11.4 Å². The molecule has 1 N–H and O–H groups in total. The third-order valence-electron chi connectivity index (χ3n) is 2.57. The number of carbonyl (C=O) groups is 1. The van der Waals surface area contributed by atoms with Gasteiger partial charge in [-0.15, -0.1) is 0 Å². The van der Waals surface area contributed by atoms with Crippen molar-refractivity contribution in [3.63, 3.8) is 0 Å². The van der Waals surface area contributed by atoms with E-state index < -0.39 is 17.5 Å². The van der Waals surface area contributed by atoms with Gasteiger partial charge in [-0.05, 0) is 33.6 Å². The molecule has 1 unspecified atom stereocenters. The molecule has 0 spiro atoms. The molecule has 1 aliphatic rings. The summed E-state index contributed by atoms with van der Waals surface area (Å²) in [5.74, 6) is 0. The molecule has 0 aromatic rings. The normalized spacial score (nSPS) is 22.4. The fourth-order valence-electron chi connectivity index (χ4n) is 1.51. The summed E-state index contributed by atoms with van der Waals surface area (Å²) >= 11 is -1.24. The van der Waals surface area contributed by atoms with Gasteiger partial charge in [-0.3, -0.25) is 0 Å². The van der Waals surface area contributed by atoms with E-state index in [2.05, 4.69) is 4.40 Å². The van der Waals surface area contributed by atoms with E-state index in [0.717, 1.165) is 18.6 Å². The predicted octanol–water partition coefficient (Wildman–Crippen LogP) is 2.05. The highest BCUT2D eigenvalue weighted by Crippen LogP contribution is 2.19. The Hall–Kier alpha value is -0.750. The van der Waals surface area contributed by atoms with E-state index in [1.165, 1.54) is 4.90 Å². The first-order valence-corrected chi connectivity index (χ1v) is 6.87. The molecule has 0 aromatic heterocycles. The maximum atomic E-state index is 11.9. The molecule has 0 saturated carbocycles. The lowest BCUT2D eigenvalue weighted by Crippen LogP contribution is -2.30. The maximum Gasteiger partial charge on any atom is 0.407 e. The highest BCUT2D eigenvalue weighted by Gasteiger charge is 2.28. The van der Waals surface area contributed by atoms with E-state index >= 15 is 0 Å². The van der Waals surface area contributed by atoms with Crippen LogP contribution in [0.3, 0.4) is 0 Å². The van der Waals surface area contributed by atoms with Crippen molar-refractivity contribution in [3.05, 3.63) is 0 Å². The Labute approximate surface area is 105 Å². The molecule has 1 saturated heterocycles. The van der Waals surface area contributed by atoms with Gasteiger partial charge in [0, 0.05) is 19.5 Å². The van der Waals surface area contributed by atoms with Crippen LogP contribution in [0.25, 0.3) is 0 Å². The summed E-state index contributed by atoms with van der Waals surface area (Å²) in [4.78, 5) is 12.2. The van der Waals surface area contributed by atoms with Gasteiger partial charge in [0.1, 0.15) is 16.1 Å². The van der Waals surface area contributed by atoms with Gasteiger partial charge in [0.25, 0.3) is 0 Å². The second-order valence-corrected chi connectivity index (χ2v) is 7.05. The minimum Gasteiger partial charge on any atom is -0.591 e. The van der Waals surface area contributed by atoms with E-state index in [1.807, 2.05) is 20.8 Å². The number of carboxylic acid groups (broad SMARTS) is 1. The van der Waals surface area contributed by atoms with Gasteiger partial charge in [0.15, 0.2) is 0 Å². The van der Waals surface area contributed by atoms with Crippen LogP contribution in [0.5, 0.6) is 0 Å². The molecule has 1 amide bonds. The summed E-state index contributed by atoms with van der Waals surface area (Å²) in [5.41, 5.74) is 0.877. The molecule has 0 bridgehead atoms. The standard InChI is InChI=1S/C11H20N2O3S/c1-11(2,3)17(16)12-9-5-4-7-13(8-6-9)10(14)15/h4-8H2,1-3H3,(H,14,15). The molecule has 1 fully saturated rings.